The smallest absolute Gasteiger partial charge is 0.283 e. The summed E-state index contributed by atoms with van der Waals surface area (Å²) in [5.74, 6) is -0.707. The van der Waals surface area contributed by atoms with Crippen LogP contribution in [0.3, 0.4) is 0 Å². The van der Waals surface area contributed by atoms with E-state index in [1.165, 1.54) is 16.7 Å². The maximum atomic E-state index is 13.7. The summed E-state index contributed by atoms with van der Waals surface area (Å²) in [5.41, 5.74) is 1.97. The second-order valence-corrected chi connectivity index (χ2v) is 9.87. The summed E-state index contributed by atoms with van der Waals surface area (Å²) in [4.78, 5) is 34.0. The monoisotopic (exact) mass is 509 g/mol. The second kappa shape index (κ2) is 9.74. The summed E-state index contributed by atoms with van der Waals surface area (Å²) in [6, 6.07) is 24.4. The Kier molecular flexibility index (Phi) is 6.55. The van der Waals surface area contributed by atoms with Gasteiger partial charge in [0.25, 0.3) is 11.8 Å². The van der Waals surface area contributed by atoms with E-state index in [-0.39, 0.29) is 11.8 Å². The number of hydrogen-bond acceptors (Lipinski definition) is 5. The minimum absolute atomic E-state index is 0.345. The number of rotatable bonds is 5. The van der Waals surface area contributed by atoms with E-state index in [1.807, 2.05) is 35.2 Å². The van der Waals surface area contributed by atoms with E-state index in [0.29, 0.717) is 39.4 Å². The zero-order chi connectivity index (χ0) is 23.7. The fraction of sp³-hybridized carbons (Fsp3) is 0.154. The molecule has 0 saturated carbocycles. The Bertz CT molecular complexity index is 1260. The second-order valence-electron chi connectivity index (χ2n) is 7.94. The van der Waals surface area contributed by atoms with Crippen LogP contribution in [0.15, 0.2) is 94.4 Å². The van der Waals surface area contributed by atoms with Crippen LogP contribution >= 0.6 is 35.0 Å². The molecule has 1 saturated heterocycles. The lowest BCUT2D eigenvalue weighted by Crippen LogP contribution is -2.47. The third kappa shape index (κ3) is 4.41. The SMILES string of the molecule is O=C1C(Sc2ccc(Cl)cc2)=C(N2CCN(c3ccccc3)CC2)C(=O)N1c1ccccc1Cl. The van der Waals surface area contributed by atoms with E-state index in [0.717, 1.165) is 23.7 Å². The fourth-order valence-corrected chi connectivity index (χ4v) is 5.51. The first-order valence-corrected chi connectivity index (χ1v) is 12.5. The first-order valence-electron chi connectivity index (χ1n) is 10.9. The molecule has 3 aromatic carbocycles. The van der Waals surface area contributed by atoms with E-state index in [2.05, 4.69) is 17.0 Å². The van der Waals surface area contributed by atoms with Crippen molar-refractivity contribution in [2.24, 2.45) is 0 Å². The van der Waals surface area contributed by atoms with Gasteiger partial charge in [-0.15, -0.1) is 0 Å². The molecule has 1 fully saturated rings. The van der Waals surface area contributed by atoms with Crippen LogP contribution in [0.2, 0.25) is 10.0 Å². The number of thioether (sulfide) groups is 1. The number of carbonyl (C=O) groups is 2. The Balaban J connectivity index is 1.47. The van der Waals surface area contributed by atoms with E-state index in [1.54, 1.807) is 36.4 Å². The Morgan fingerprint density at radius 1 is 0.676 bits per heavy atom. The fourth-order valence-electron chi connectivity index (χ4n) is 4.17. The van der Waals surface area contributed by atoms with Crippen molar-refractivity contribution >= 4 is 58.2 Å². The van der Waals surface area contributed by atoms with Crippen LogP contribution in [0.25, 0.3) is 0 Å². The average Bonchev–Trinajstić information content (AvgIpc) is 3.10. The molecule has 8 heteroatoms. The molecule has 0 atom stereocenters. The lowest BCUT2D eigenvalue weighted by Gasteiger charge is -2.37. The number of imide groups is 1. The summed E-state index contributed by atoms with van der Waals surface area (Å²) in [5, 5.41) is 0.970. The first kappa shape index (κ1) is 22.8. The molecule has 0 spiro atoms. The van der Waals surface area contributed by atoms with Gasteiger partial charge in [0.15, 0.2) is 0 Å². The highest BCUT2D eigenvalue weighted by Gasteiger charge is 2.43. The average molecular weight is 510 g/mol. The van der Waals surface area contributed by atoms with Gasteiger partial charge in [0, 0.05) is 41.8 Å². The van der Waals surface area contributed by atoms with Gasteiger partial charge < -0.3 is 9.80 Å². The molecule has 2 heterocycles. The van der Waals surface area contributed by atoms with Crippen molar-refractivity contribution in [3.63, 3.8) is 0 Å². The van der Waals surface area contributed by atoms with Gasteiger partial charge in [0.2, 0.25) is 0 Å². The topological polar surface area (TPSA) is 43.9 Å². The van der Waals surface area contributed by atoms with Crippen molar-refractivity contribution in [1.82, 2.24) is 4.90 Å². The van der Waals surface area contributed by atoms with Crippen LogP contribution in [-0.2, 0) is 9.59 Å². The predicted molar refractivity (Wildman–Crippen MR) is 139 cm³/mol. The van der Waals surface area contributed by atoms with Crippen LogP contribution in [-0.4, -0.2) is 42.9 Å². The number of benzene rings is 3. The Hall–Kier alpha value is -2.93. The van der Waals surface area contributed by atoms with Crippen molar-refractivity contribution in [2.45, 2.75) is 4.90 Å². The summed E-state index contributed by atoms with van der Waals surface area (Å²) < 4.78 is 0. The van der Waals surface area contributed by atoms with Crippen LogP contribution < -0.4 is 9.80 Å². The molecule has 34 heavy (non-hydrogen) atoms. The molecule has 2 aliphatic heterocycles. The third-order valence-electron chi connectivity index (χ3n) is 5.86. The largest absolute Gasteiger partial charge is 0.368 e. The maximum Gasteiger partial charge on any atom is 0.283 e. The summed E-state index contributed by atoms with van der Waals surface area (Å²) in [6.45, 7) is 2.76. The van der Waals surface area contributed by atoms with Crippen LogP contribution in [0, 0.1) is 0 Å². The zero-order valence-corrected chi connectivity index (χ0v) is 20.5. The molecule has 0 N–H and O–H groups in total. The summed E-state index contributed by atoms with van der Waals surface area (Å²) >= 11 is 13.7. The van der Waals surface area contributed by atoms with Crippen molar-refractivity contribution in [1.29, 1.82) is 0 Å². The normalized spacial score (nSPS) is 16.6. The molecular formula is C26H21Cl2N3O2S. The number of halogens is 2. The summed E-state index contributed by atoms with van der Waals surface area (Å²) in [7, 11) is 0. The molecule has 0 bridgehead atoms. The third-order valence-corrected chi connectivity index (χ3v) is 7.51. The molecule has 0 aliphatic carbocycles. The first-order chi connectivity index (χ1) is 16.5. The van der Waals surface area contributed by atoms with E-state index >= 15 is 0 Å². The van der Waals surface area contributed by atoms with Gasteiger partial charge in [-0.2, -0.15) is 0 Å². The van der Waals surface area contributed by atoms with Crippen molar-refractivity contribution in [3.05, 3.63) is 99.5 Å². The van der Waals surface area contributed by atoms with Crippen LogP contribution in [0.5, 0.6) is 0 Å². The highest BCUT2D eigenvalue weighted by molar-refractivity contribution is 8.04. The number of anilines is 2. The van der Waals surface area contributed by atoms with E-state index in [9.17, 15) is 9.59 Å². The number of nitrogens with zero attached hydrogens (tertiary/aromatic N) is 3. The van der Waals surface area contributed by atoms with Crippen molar-refractivity contribution in [3.8, 4) is 0 Å². The van der Waals surface area contributed by atoms with Gasteiger partial charge >= 0.3 is 0 Å². The van der Waals surface area contributed by atoms with Gasteiger partial charge in [-0.05, 0) is 48.5 Å². The number of carbonyl (C=O) groups excluding carboxylic acids is 2. The molecular weight excluding hydrogens is 489 g/mol. The highest BCUT2D eigenvalue weighted by atomic mass is 35.5. The number of amides is 2. The number of hydrogen-bond donors (Lipinski definition) is 0. The predicted octanol–water partition coefficient (Wildman–Crippen LogP) is 5.69. The standard InChI is InChI=1S/C26H21Cl2N3O2S/c27-18-10-12-20(13-11-18)34-24-23(25(32)31(26(24)33)22-9-5-4-8-21(22)28)30-16-14-29(15-17-30)19-6-2-1-3-7-19/h1-13H,14-17H2. The lowest BCUT2D eigenvalue weighted by molar-refractivity contribution is -0.121. The molecule has 0 radical (unpaired) electrons. The van der Waals surface area contributed by atoms with Gasteiger partial charge in [0.05, 0.1) is 10.7 Å². The number of para-hydroxylation sites is 2. The molecule has 5 rings (SSSR count). The van der Waals surface area contributed by atoms with Crippen LogP contribution in [0.4, 0.5) is 11.4 Å². The minimum atomic E-state index is -0.362. The molecule has 0 unspecified atom stereocenters. The molecule has 0 aromatic heterocycles. The molecule has 2 aliphatic rings. The van der Waals surface area contributed by atoms with Crippen molar-refractivity contribution < 1.29 is 9.59 Å². The Morgan fingerprint density at radius 2 is 1.29 bits per heavy atom. The van der Waals surface area contributed by atoms with E-state index in [4.69, 9.17) is 23.2 Å². The Labute approximate surface area is 212 Å². The molecule has 172 valence electrons. The minimum Gasteiger partial charge on any atom is -0.368 e. The van der Waals surface area contributed by atoms with Gasteiger partial charge in [-0.1, -0.05) is 65.3 Å². The number of piperazine rings is 1. The van der Waals surface area contributed by atoms with E-state index < -0.39 is 0 Å². The van der Waals surface area contributed by atoms with Gasteiger partial charge in [-0.25, -0.2) is 4.90 Å². The zero-order valence-electron chi connectivity index (χ0n) is 18.2. The highest BCUT2D eigenvalue weighted by Crippen LogP contribution is 2.41. The summed E-state index contributed by atoms with van der Waals surface area (Å²) in [6.07, 6.45) is 0. The van der Waals surface area contributed by atoms with Crippen molar-refractivity contribution in [2.75, 3.05) is 36.0 Å². The van der Waals surface area contributed by atoms with Crippen LogP contribution in [0.1, 0.15) is 0 Å². The lowest BCUT2D eigenvalue weighted by atomic mass is 10.2. The Morgan fingerprint density at radius 3 is 1.97 bits per heavy atom. The molecule has 2 amide bonds. The quantitative estimate of drug-likeness (QED) is 0.413. The van der Waals surface area contributed by atoms with Gasteiger partial charge in [-0.3, -0.25) is 9.59 Å². The molecule has 5 nitrogen and oxygen atoms in total. The molecule has 3 aromatic rings. The van der Waals surface area contributed by atoms with Gasteiger partial charge in [0.1, 0.15) is 10.6 Å². The maximum absolute atomic E-state index is 13.7.